The first-order valence-electron chi connectivity index (χ1n) is 5.15. The summed E-state index contributed by atoms with van der Waals surface area (Å²) in [7, 11) is 0. The molecule has 0 aromatic heterocycles. The minimum absolute atomic E-state index is 0.164. The van der Waals surface area contributed by atoms with Crippen molar-refractivity contribution in [2.45, 2.75) is 19.3 Å². The van der Waals surface area contributed by atoms with Crippen molar-refractivity contribution >= 4 is 34.2 Å². The lowest BCUT2D eigenvalue weighted by atomic mass is 9.69. The molecule has 0 aliphatic heterocycles. The van der Waals surface area contributed by atoms with Crippen LogP contribution in [0.5, 0.6) is 0 Å². The standard InChI is InChI=1S/C12H11IN2O/c13-9-3-1-4-10(7-9)15-11(16)12(8-14)5-2-6-12/h1,3-4,7H,2,5-6H2,(H,15,16). The van der Waals surface area contributed by atoms with Crippen molar-refractivity contribution in [3.8, 4) is 6.07 Å². The summed E-state index contributed by atoms with van der Waals surface area (Å²) in [6.45, 7) is 0. The largest absolute Gasteiger partial charge is 0.325 e. The summed E-state index contributed by atoms with van der Waals surface area (Å²) in [5.74, 6) is -0.164. The van der Waals surface area contributed by atoms with Crippen LogP contribution < -0.4 is 5.32 Å². The average Bonchev–Trinajstić information content (AvgIpc) is 2.16. The van der Waals surface area contributed by atoms with E-state index in [1.807, 2.05) is 24.3 Å². The molecule has 1 amide bonds. The van der Waals surface area contributed by atoms with Crippen molar-refractivity contribution < 1.29 is 4.79 Å². The third-order valence-electron chi connectivity index (χ3n) is 2.94. The quantitative estimate of drug-likeness (QED) is 0.850. The summed E-state index contributed by atoms with van der Waals surface area (Å²) in [6.07, 6.45) is 2.33. The zero-order valence-electron chi connectivity index (χ0n) is 8.66. The third kappa shape index (κ3) is 2.05. The van der Waals surface area contributed by atoms with Crippen LogP contribution in [0, 0.1) is 20.3 Å². The Morgan fingerprint density at radius 2 is 2.25 bits per heavy atom. The molecule has 0 spiro atoms. The van der Waals surface area contributed by atoms with Crippen LogP contribution >= 0.6 is 22.6 Å². The topological polar surface area (TPSA) is 52.9 Å². The van der Waals surface area contributed by atoms with E-state index in [0.717, 1.165) is 15.7 Å². The normalized spacial score (nSPS) is 17.0. The lowest BCUT2D eigenvalue weighted by Gasteiger charge is -2.33. The van der Waals surface area contributed by atoms with Crippen LogP contribution in [0.3, 0.4) is 0 Å². The molecule has 0 atom stereocenters. The number of benzene rings is 1. The van der Waals surface area contributed by atoms with Gasteiger partial charge in [-0.1, -0.05) is 6.07 Å². The van der Waals surface area contributed by atoms with Gasteiger partial charge in [0.1, 0.15) is 5.41 Å². The Hall–Kier alpha value is -1.09. The molecule has 1 N–H and O–H groups in total. The van der Waals surface area contributed by atoms with Crippen molar-refractivity contribution in [2.75, 3.05) is 5.32 Å². The number of carbonyl (C=O) groups excluding carboxylic acids is 1. The first kappa shape index (κ1) is 11.4. The van der Waals surface area contributed by atoms with E-state index in [1.54, 1.807) is 0 Å². The van der Waals surface area contributed by atoms with Crippen molar-refractivity contribution in [1.29, 1.82) is 5.26 Å². The zero-order valence-corrected chi connectivity index (χ0v) is 10.8. The predicted molar refractivity (Wildman–Crippen MR) is 69.7 cm³/mol. The number of nitrogens with one attached hydrogen (secondary N) is 1. The molecule has 4 heteroatoms. The number of carbonyl (C=O) groups is 1. The van der Waals surface area contributed by atoms with Crippen molar-refractivity contribution in [3.05, 3.63) is 27.8 Å². The summed E-state index contributed by atoms with van der Waals surface area (Å²) in [6, 6.07) is 9.71. The van der Waals surface area contributed by atoms with Gasteiger partial charge in [0.25, 0.3) is 0 Å². The van der Waals surface area contributed by atoms with Gasteiger partial charge in [0.15, 0.2) is 0 Å². The van der Waals surface area contributed by atoms with E-state index in [-0.39, 0.29) is 5.91 Å². The molecule has 1 aliphatic rings. The summed E-state index contributed by atoms with van der Waals surface area (Å²) in [5, 5.41) is 11.8. The Morgan fingerprint density at radius 3 is 2.75 bits per heavy atom. The molecule has 1 fully saturated rings. The van der Waals surface area contributed by atoms with Gasteiger partial charge in [-0.2, -0.15) is 5.26 Å². The van der Waals surface area contributed by atoms with Gasteiger partial charge < -0.3 is 5.32 Å². The maximum absolute atomic E-state index is 11.9. The number of hydrogen-bond donors (Lipinski definition) is 1. The number of nitrogens with zero attached hydrogens (tertiary/aromatic N) is 1. The van der Waals surface area contributed by atoms with Crippen LogP contribution in [0.4, 0.5) is 5.69 Å². The number of anilines is 1. The second-order valence-corrected chi connectivity index (χ2v) is 5.26. The van der Waals surface area contributed by atoms with Gasteiger partial charge in [-0.3, -0.25) is 4.79 Å². The molecule has 3 nitrogen and oxygen atoms in total. The van der Waals surface area contributed by atoms with E-state index in [9.17, 15) is 4.79 Å². The van der Waals surface area contributed by atoms with Gasteiger partial charge >= 0.3 is 0 Å². The molecule has 0 bridgehead atoms. The van der Waals surface area contributed by atoms with Crippen LogP contribution in [0.1, 0.15) is 19.3 Å². The minimum atomic E-state index is -0.777. The molecule has 0 heterocycles. The average molecular weight is 326 g/mol. The molecular formula is C12H11IN2O. The lowest BCUT2D eigenvalue weighted by Crippen LogP contribution is -2.40. The van der Waals surface area contributed by atoms with Gasteiger partial charge in [-0.05, 0) is 60.1 Å². The number of hydrogen-bond acceptors (Lipinski definition) is 2. The van der Waals surface area contributed by atoms with E-state index >= 15 is 0 Å². The van der Waals surface area contributed by atoms with Crippen LogP contribution in [0.15, 0.2) is 24.3 Å². The monoisotopic (exact) mass is 326 g/mol. The van der Waals surface area contributed by atoms with Crippen LogP contribution in [0.2, 0.25) is 0 Å². The molecule has 0 radical (unpaired) electrons. The molecule has 1 aromatic carbocycles. The predicted octanol–water partition coefficient (Wildman–Crippen LogP) is 2.92. The Labute approximate surface area is 108 Å². The number of rotatable bonds is 2. The SMILES string of the molecule is N#CC1(C(=O)Nc2cccc(I)c2)CCC1. The second kappa shape index (κ2) is 4.42. The van der Waals surface area contributed by atoms with Crippen LogP contribution in [0.25, 0.3) is 0 Å². The summed E-state index contributed by atoms with van der Waals surface area (Å²) in [4.78, 5) is 11.9. The number of amides is 1. The highest BCUT2D eigenvalue weighted by atomic mass is 127. The lowest BCUT2D eigenvalue weighted by molar-refractivity contribution is -0.126. The van der Waals surface area contributed by atoms with E-state index < -0.39 is 5.41 Å². The summed E-state index contributed by atoms with van der Waals surface area (Å²) < 4.78 is 1.06. The molecule has 0 unspecified atom stereocenters. The summed E-state index contributed by atoms with van der Waals surface area (Å²) in [5.41, 5.74) is -0.0141. The highest BCUT2D eigenvalue weighted by Crippen LogP contribution is 2.41. The highest BCUT2D eigenvalue weighted by molar-refractivity contribution is 14.1. The van der Waals surface area contributed by atoms with E-state index in [1.165, 1.54) is 0 Å². The molecule has 1 aromatic rings. The fourth-order valence-electron chi connectivity index (χ4n) is 1.74. The van der Waals surface area contributed by atoms with Gasteiger partial charge in [0.2, 0.25) is 5.91 Å². The third-order valence-corrected chi connectivity index (χ3v) is 3.61. The van der Waals surface area contributed by atoms with Gasteiger partial charge in [-0.25, -0.2) is 0 Å². The maximum atomic E-state index is 11.9. The molecular weight excluding hydrogens is 315 g/mol. The summed E-state index contributed by atoms with van der Waals surface area (Å²) >= 11 is 2.19. The Kier molecular flexibility index (Phi) is 3.15. The van der Waals surface area contributed by atoms with E-state index in [0.29, 0.717) is 12.8 Å². The molecule has 82 valence electrons. The zero-order chi connectivity index (χ0) is 11.6. The smallest absolute Gasteiger partial charge is 0.244 e. The van der Waals surface area contributed by atoms with Gasteiger partial charge in [0, 0.05) is 9.26 Å². The van der Waals surface area contributed by atoms with Crippen molar-refractivity contribution in [3.63, 3.8) is 0 Å². The van der Waals surface area contributed by atoms with Crippen molar-refractivity contribution in [2.24, 2.45) is 5.41 Å². The second-order valence-electron chi connectivity index (χ2n) is 4.01. The molecule has 16 heavy (non-hydrogen) atoms. The van der Waals surface area contributed by atoms with Crippen molar-refractivity contribution in [1.82, 2.24) is 0 Å². The number of nitriles is 1. The minimum Gasteiger partial charge on any atom is -0.325 e. The van der Waals surface area contributed by atoms with E-state index in [2.05, 4.69) is 34.0 Å². The Balaban J connectivity index is 2.11. The fraction of sp³-hybridized carbons (Fsp3) is 0.333. The number of halogens is 1. The molecule has 2 rings (SSSR count). The fourth-order valence-corrected chi connectivity index (χ4v) is 2.28. The van der Waals surface area contributed by atoms with E-state index in [4.69, 9.17) is 5.26 Å². The van der Waals surface area contributed by atoms with Gasteiger partial charge in [0.05, 0.1) is 6.07 Å². The Bertz CT molecular complexity index is 460. The first-order valence-corrected chi connectivity index (χ1v) is 6.22. The first-order chi connectivity index (χ1) is 7.66. The maximum Gasteiger partial charge on any atom is 0.244 e. The molecule has 0 saturated heterocycles. The van der Waals surface area contributed by atoms with Crippen LogP contribution in [-0.2, 0) is 4.79 Å². The van der Waals surface area contributed by atoms with Crippen LogP contribution in [-0.4, -0.2) is 5.91 Å². The molecule has 1 saturated carbocycles. The molecule has 1 aliphatic carbocycles. The highest BCUT2D eigenvalue weighted by Gasteiger charge is 2.44. The van der Waals surface area contributed by atoms with Gasteiger partial charge in [-0.15, -0.1) is 0 Å². The Morgan fingerprint density at radius 1 is 1.50 bits per heavy atom.